The molecule has 0 aliphatic carbocycles. The van der Waals surface area contributed by atoms with Gasteiger partial charge >= 0.3 is 0 Å². The second-order valence-electron chi connectivity index (χ2n) is 6.12. The van der Waals surface area contributed by atoms with Crippen molar-refractivity contribution in [2.75, 3.05) is 0 Å². The molecule has 0 atom stereocenters. The first-order valence-corrected chi connectivity index (χ1v) is 9.13. The predicted octanol–water partition coefficient (Wildman–Crippen LogP) is 3.61. The van der Waals surface area contributed by atoms with Crippen molar-refractivity contribution in [3.63, 3.8) is 0 Å². The third-order valence-corrected chi connectivity index (χ3v) is 5.16. The molecule has 0 saturated heterocycles. The summed E-state index contributed by atoms with van der Waals surface area (Å²) >= 11 is 3.33. The van der Waals surface area contributed by atoms with Crippen LogP contribution in [0.5, 0.6) is 0 Å². The maximum Gasteiger partial charge on any atom is 0.265 e. The highest BCUT2D eigenvalue weighted by Crippen LogP contribution is 2.19. The molecule has 3 rings (SSSR count). The topological polar surface area (TPSA) is 55.1 Å². The van der Waals surface area contributed by atoms with Crippen molar-refractivity contribution in [2.45, 2.75) is 26.0 Å². The van der Waals surface area contributed by atoms with E-state index in [2.05, 4.69) is 20.9 Å². The minimum absolute atomic E-state index is 0.278. The van der Waals surface area contributed by atoms with Crippen LogP contribution in [-0.4, -0.2) is 14.7 Å². The van der Waals surface area contributed by atoms with Gasteiger partial charge in [0.2, 0.25) is 0 Å². The van der Waals surface area contributed by atoms with Gasteiger partial charge in [-0.25, -0.2) is 8.78 Å². The molecule has 0 fully saturated rings. The van der Waals surface area contributed by atoms with Crippen LogP contribution in [0, 0.1) is 11.6 Å². The lowest BCUT2D eigenvalue weighted by Gasteiger charge is -2.15. The summed E-state index contributed by atoms with van der Waals surface area (Å²) in [7, 11) is 0. The van der Waals surface area contributed by atoms with E-state index in [9.17, 15) is 18.7 Å². The molecule has 27 heavy (non-hydrogen) atoms. The smallest absolute Gasteiger partial charge is 0.265 e. The minimum atomic E-state index is -0.627. The van der Waals surface area contributed by atoms with Gasteiger partial charge in [-0.2, -0.15) is 0 Å². The van der Waals surface area contributed by atoms with Crippen LogP contribution in [0.2, 0.25) is 0 Å². The van der Waals surface area contributed by atoms with Gasteiger partial charge in [-0.05, 0) is 63.7 Å². The lowest BCUT2D eigenvalue weighted by atomic mass is 10.0. The van der Waals surface area contributed by atoms with Crippen LogP contribution in [-0.2, 0) is 26.0 Å². The Morgan fingerprint density at radius 2 is 1.89 bits per heavy atom. The van der Waals surface area contributed by atoms with Gasteiger partial charge < -0.3 is 9.67 Å². The highest BCUT2D eigenvalue weighted by molar-refractivity contribution is 9.10. The summed E-state index contributed by atoms with van der Waals surface area (Å²) in [6, 6.07) is 8.80. The number of hydrogen-bond donors (Lipinski definition) is 1. The van der Waals surface area contributed by atoms with Gasteiger partial charge in [0.1, 0.15) is 11.6 Å². The quantitative estimate of drug-likeness (QED) is 0.644. The normalized spacial score (nSPS) is 11.0. The number of benzene rings is 1. The summed E-state index contributed by atoms with van der Waals surface area (Å²) in [5, 5.41) is 9.70. The molecule has 0 saturated carbocycles. The molecular formula is C20H17BrF2N2O2. The molecule has 3 aromatic rings. The highest BCUT2D eigenvalue weighted by Gasteiger charge is 2.14. The number of pyridine rings is 2. The largest absolute Gasteiger partial charge is 0.390 e. The van der Waals surface area contributed by atoms with E-state index in [1.54, 1.807) is 24.5 Å². The second kappa shape index (κ2) is 8.54. The van der Waals surface area contributed by atoms with E-state index >= 15 is 0 Å². The van der Waals surface area contributed by atoms with Crippen LogP contribution in [0.3, 0.4) is 0 Å². The lowest BCUT2D eigenvalue weighted by molar-refractivity contribution is 0.269. The van der Waals surface area contributed by atoms with Gasteiger partial charge in [-0.1, -0.05) is 12.1 Å². The molecule has 1 aromatic carbocycles. The van der Waals surface area contributed by atoms with Crippen molar-refractivity contribution in [3.8, 4) is 0 Å². The van der Waals surface area contributed by atoms with Gasteiger partial charge in [-0.15, -0.1) is 0 Å². The molecule has 0 aliphatic heterocycles. The zero-order chi connectivity index (χ0) is 19.4. The van der Waals surface area contributed by atoms with Crippen molar-refractivity contribution in [3.05, 3.63) is 97.6 Å². The fourth-order valence-corrected chi connectivity index (χ4v) is 3.41. The van der Waals surface area contributed by atoms with Crippen molar-refractivity contribution in [2.24, 2.45) is 0 Å². The molecule has 7 heteroatoms. The average Bonchev–Trinajstić information content (AvgIpc) is 2.67. The number of aryl methyl sites for hydroxylation is 2. The van der Waals surface area contributed by atoms with Crippen molar-refractivity contribution in [1.29, 1.82) is 0 Å². The Morgan fingerprint density at radius 3 is 2.56 bits per heavy atom. The van der Waals surface area contributed by atoms with Gasteiger partial charge in [0.15, 0.2) is 0 Å². The van der Waals surface area contributed by atoms with Crippen LogP contribution in [0.25, 0.3) is 0 Å². The Kier molecular flexibility index (Phi) is 6.13. The van der Waals surface area contributed by atoms with Gasteiger partial charge in [0, 0.05) is 24.2 Å². The van der Waals surface area contributed by atoms with E-state index in [-0.39, 0.29) is 18.7 Å². The van der Waals surface area contributed by atoms with Gasteiger partial charge in [0.25, 0.3) is 5.56 Å². The zero-order valence-electron chi connectivity index (χ0n) is 14.3. The Bertz CT molecular complexity index is 1010. The van der Waals surface area contributed by atoms with E-state index in [4.69, 9.17) is 0 Å². The lowest BCUT2D eigenvalue weighted by Crippen LogP contribution is -2.26. The van der Waals surface area contributed by atoms with E-state index in [1.165, 1.54) is 16.7 Å². The van der Waals surface area contributed by atoms with Gasteiger partial charge in [0.05, 0.1) is 17.6 Å². The maximum atomic E-state index is 13.8. The molecule has 2 aromatic heterocycles. The molecule has 140 valence electrons. The van der Waals surface area contributed by atoms with E-state index in [0.29, 0.717) is 34.1 Å². The van der Waals surface area contributed by atoms with Crippen LogP contribution < -0.4 is 5.56 Å². The first kappa shape index (κ1) is 19.4. The third kappa shape index (κ3) is 4.48. The zero-order valence-corrected chi connectivity index (χ0v) is 15.9. The Morgan fingerprint density at radius 1 is 1.11 bits per heavy atom. The molecule has 1 N–H and O–H groups in total. The summed E-state index contributed by atoms with van der Waals surface area (Å²) < 4.78 is 28.7. The number of aliphatic hydroxyl groups excluding tert-OH is 1. The number of aliphatic hydroxyl groups is 1. The standard InChI is InChI=1S/C20H17BrF2N2O2/c21-19-15(4-3-14-5-6-16(22)9-18(14)23)8-17(12-26)25(20(19)27)11-13-2-1-7-24-10-13/h1-2,5-10,26H,3-4,11-12H2. The van der Waals surface area contributed by atoms with Crippen molar-refractivity contribution < 1.29 is 13.9 Å². The summed E-state index contributed by atoms with van der Waals surface area (Å²) in [5.41, 5.74) is 2.05. The summed E-state index contributed by atoms with van der Waals surface area (Å²) in [6.45, 7) is -0.0191. The molecule has 0 spiro atoms. The average molecular weight is 435 g/mol. The van der Waals surface area contributed by atoms with E-state index in [1.807, 2.05) is 6.07 Å². The van der Waals surface area contributed by atoms with E-state index in [0.717, 1.165) is 11.6 Å². The Labute approximate surface area is 163 Å². The molecular weight excluding hydrogens is 418 g/mol. The van der Waals surface area contributed by atoms with Gasteiger partial charge in [-0.3, -0.25) is 9.78 Å². The number of rotatable bonds is 6. The van der Waals surface area contributed by atoms with Crippen LogP contribution in [0.15, 0.2) is 58.1 Å². The fraction of sp³-hybridized carbons (Fsp3) is 0.200. The number of halogens is 3. The van der Waals surface area contributed by atoms with E-state index < -0.39 is 11.6 Å². The SMILES string of the molecule is O=c1c(Br)c(CCc2ccc(F)cc2F)cc(CO)n1Cc1cccnc1. The van der Waals surface area contributed by atoms with Crippen molar-refractivity contribution in [1.82, 2.24) is 9.55 Å². The molecule has 2 heterocycles. The predicted molar refractivity (Wildman–Crippen MR) is 101 cm³/mol. The molecule has 0 radical (unpaired) electrons. The number of nitrogens with zero attached hydrogens (tertiary/aromatic N) is 2. The fourth-order valence-electron chi connectivity index (χ4n) is 2.88. The minimum Gasteiger partial charge on any atom is -0.390 e. The molecule has 0 aliphatic rings. The monoisotopic (exact) mass is 434 g/mol. The number of aromatic nitrogens is 2. The summed E-state index contributed by atoms with van der Waals surface area (Å²) in [6.07, 6.45) is 3.99. The van der Waals surface area contributed by atoms with Crippen LogP contribution in [0.1, 0.15) is 22.4 Å². The Hall–Kier alpha value is -2.38. The van der Waals surface area contributed by atoms with Crippen LogP contribution >= 0.6 is 15.9 Å². The van der Waals surface area contributed by atoms with Crippen LogP contribution in [0.4, 0.5) is 8.78 Å². The summed E-state index contributed by atoms with van der Waals surface area (Å²) in [5.74, 6) is -1.24. The Balaban J connectivity index is 1.89. The molecule has 0 bridgehead atoms. The summed E-state index contributed by atoms with van der Waals surface area (Å²) in [4.78, 5) is 16.8. The second-order valence-corrected chi connectivity index (χ2v) is 6.91. The molecule has 0 amide bonds. The number of hydrogen-bond acceptors (Lipinski definition) is 3. The first-order chi connectivity index (χ1) is 13.0. The third-order valence-electron chi connectivity index (χ3n) is 4.31. The van der Waals surface area contributed by atoms with Crippen molar-refractivity contribution >= 4 is 15.9 Å². The first-order valence-electron chi connectivity index (χ1n) is 8.34. The molecule has 0 unspecified atom stereocenters. The highest BCUT2D eigenvalue weighted by atomic mass is 79.9. The maximum absolute atomic E-state index is 13.8. The molecule has 4 nitrogen and oxygen atoms in total.